The number of rotatable bonds is 13. The smallest absolute Gasteiger partial charge is 0.262 e. The molecule has 6 N–H and O–H groups in total. The van der Waals surface area contributed by atoms with E-state index in [9.17, 15) is 19.2 Å². The molecule has 4 rings (SSSR count). The number of anilines is 1. The number of hydrazone groups is 1. The highest BCUT2D eigenvalue weighted by molar-refractivity contribution is 6.31. The first-order valence-corrected chi connectivity index (χ1v) is 13.8. The van der Waals surface area contributed by atoms with E-state index in [1.807, 2.05) is 0 Å². The van der Waals surface area contributed by atoms with E-state index in [4.69, 9.17) is 16.3 Å². The van der Waals surface area contributed by atoms with Crippen LogP contribution in [-0.4, -0.2) is 104 Å². The van der Waals surface area contributed by atoms with Crippen LogP contribution in [0.25, 0.3) is 0 Å². The molecular weight excluding hydrogens is 516 g/mol. The largest absolute Gasteiger partial charge is 0.385 e. The van der Waals surface area contributed by atoms with Gasteiger partial charge in [0.1, 0.15) is 11.8 Å². The van der Waals surface area contributed by atoms with Gasteiger partial charge in [0.05, 0.1) is 30.9 Å². The van der Waals surface area contributed by atoms with Crippen molar-refractivity contribution >= 4 is 41.2 Å². The number of aliphatic imine (C=N–C) groups is 1. The molecule has 2 fully saturated rings. The highest BCUT2D eigenvalue weighted by Crippen LogP contribution is 2.30. The Morgan fingerprint density at radius 3 is 2.62 bits per heavy atom. The fraction of sp³-hybridized carbons (Fsp3) is 0.556. The molecule has 1 aromatic rings. The zero-order valence-electron chi connectivity index (χ0n) is 22.6. The number of amides is 4. The number of ether oxygens (including phenoxy) is 1. The lowest BCUT2D eigenvalue weighted by molar-refractivity contribution is -0.136. The lowest BCUT2D eigenvalue weighted by Gasteiger charge is -2.31. The summed E-state index contributed by atoms with van der Waals surface area (Å²) in [6.45, 7) is 5.54. The molecule has 4 amide bonds. The zero-order valence-corrected chi connectivity index (χ0v) is 22.6. The van der Waals surface area contributed by atoms with Crippen LogP contribution in [-0.2, 0) is 14.3 Å². The van der Waals surface area contributed by atoms with Crippen LogP contribution in [0.2, 0.25) is 0 Å². The predicted octanol–water partition coefficient (Wildman–Crippen LogP) is -0.0374. The minimum atomic E-state index is -0.961. The molecule has 0 bridgehead atoms. The summed E-state index contributed by atoms with van der Waals surface area (Å²) in [5.74, 6) is 3.97. The fourth-order valence-corrected chi connectivity index (χ4v) is 5.24. The van der Waals surface area contributed by atoms with Crippen LogP contribution in [0.1, 0.15) is 52.8 Å². The quantitative estimate of drug-likeness (QED) is 0.0854. The Labute approximate surface area is 233 Å². The Hall–Kier alpha value is -3.68. The van der Waals surface area contributed by atoms with Crippen LogP contribution < -0.4 is 22.2 Å². The van der Waals surface area contributed by atoms with Gasteiger partial charge in [0.15, 0.2) is 0 Å². The second-order valence-corrected chi connectivity index (χ2v) is 10.2. The maximum Gasteiger partial charge on any atom is 0.262 e. The Kier molecular flexibility index (Phi) is 10.3. The third-order valence-corrected chi connectivity index (χ3v) is 7.49. The molecule has 1 atom stereocenters. The number of likely N-dealkylation sites (tertiary alicyclic amines) is 1. The van der Waals surface area contributed by atoms with Gasteiger partial charge in [-0.25, -0.2) is 0 Å². The van der Waals surface area contributed by atoms with Crippen molar-refractivity contribution in [2.75, 3.05) is 57.8 Å². The first kappa shape index (κ1) is 29.3. The number of hydrogen-bond donors (Lipinski definition) is 4. The highest BCUT2D eigenvalue weighted by Gasteiger charge is 2.44. The average Bonchev–Trinajstić information content (AvgIpc) is 3.20. The molecule has 0 aliphatic carbocycles. The highest BCUT2D eigenvalue weighted by atomic mass is 16.5. The summed E-state index contributed by atoms with van der Waals surface area (Å²) in [6, 6.07) is 4.12. The Balaban J connectivity index is 1.17. The van der Waals surface area contributed by atoms with E-state index in [1.165, 1.54) is 0 Å². The summed E-state index contributed by atoms with van der Waals surface area (Å²) in [5.41, 5.74) is 7.31. The first-order chi connectivity index (χ1) is 19.4. The molecule has 3 heterocycles. The van der Waals surface area contributed by atoms with Crippen molar-refractivity contribution in [2.24, 2.45) is 27.6 Å². The standard InChI is InChI=1S/C27H38N8O5/c28-8-14-40-17-20(33-29)16-30-10-13-34-11-6-18(7-12-34)5-9-31-19-1-2-21-22(15-19)27(39)35(26(21)38)23-3-4-24(36)32-25(23)37/h1-2,15-16,18,23,31H,3-14,17,28-29H2,(H,32,36,37)/b30-16?,33-20+. The number of hydrogen-bond acceptors (Lipinski definition) is 11. The van der Waals surface area contributed by atoms with E-state index in [-0.39, 0.29) is 24.0 Å². The van der Waals surface area contributed by atoms with Gasteiger partial charge in [0.25, 0.3) is 11.8 Å². The van der Waals surface area contributed by atoms with Gasteiger partial charge in [-0.05, 0) is 62.9 Å². The van der Waals surface area contributed by atoms with Gasteiger partial charge >= 0.3 is 0 Å². The second-order valence-electron chi connectivity index (χ2n) is 10.2. The van der Waals surface area contributed by atoms with Gasteiger partial charge in [-0.1, -0.05) is 0 Å². The van der Waals surface area contributed by atoms with Crippen LogP contribution in [0.4, 0.5) is 5.69 Å². The molecule has 0 radical (unpaired) electrons. The number of nitrogens with one attached hydrogen (secondary N) is 2. The van der Waals surface area contributed by atoms with Gasteiger partial charge in [0, 0.05) is 38.0 Å². The van der Waals surface area contributed by atoms with Gasteiger partial charge in [-0.2, -0.15) is 5.10 Å². The summed E-state index contributed by atoms with van der Waals surface area (Å²) in [6.07, 6.45) is 5.10. The number of nitrogens with two attached hydrogens (primary N) is 2. The van der Waals surface area contributed by atoms with Gasteiger partial charge in [-0.15, -0.1) is 0 Å². The van der Waals surface area contributed by atoms with E-state index in [1.54, 1.807) is 24.4 Å². The molecule has 0 aromatic heterocycles. The minimum absolute atomic E-state index is 0.0974. The normalized spacial score (nSPS) is 20.9. The number of fused-ring (bicyclic) bond motifs is 1. The number of nitrogens with zero attached hydrogens (tertiary/aromatic N) is 4. The Morgan fingerprint density at radius 1 is 1.12 bits per heavy atom. The molecule has 13 nitrogen and oxygen atoms in total. The van der Waals surface area contributed by atoms with E-state index in [0.717, 1.165) is 56.0 Å². The van der Waals surface area contributed by atoms with Crippen LogP contribution in [0, 0.1) is 5.92 Å². The van der Waals surface area contributed by atoms with E-state index in [0.29, 0.717) is 37.9 Å². The number of piperidine rings is 2. The van der Waals surface area contributed by atoms with Crippen molar-refractivity contribution in [2.45, 2.75) is 38.1 Å². The first-order valence-electron chi connectivity index (χ1n) is 13.8. The molecule has 0 saturated carbocycles. The van der Waals surface area contributed by atoms with Gasteiger partial charge in [0.2, 0.25) is 11.8 Å². The SMILES string of the molecule is NCCOC/C(C=NCCN1CCC(CCNc2ccc3c(c2)C(=O)N(C2CCC(=O)NC2=O)C3=O)CC1)=N/N. The summed E-state index contributed by atoms with van der Waals surface area (Å²) < 4.78 is 5.32. The molecule has 3 aliphatic rings. The topological polar surface area (TPSA) is 185 Å². The molecule has 13 heteroatoms. The van der Waals surface area contributed by atoms with Crippen molar-refractivity contribution in [1.82, 2.24) is 15.1 Å². The third kappa shape index (κ3) is 7.29. The van der Waals surface area contributed by atoms with Crippen molar-refractivity contribution < 1.29 is 23.9 Å². The molecular formula is C27H38N8O5. The van der Waals surface area contributed by atoms with Gasteiger partial charge < -0.3 is 26.5 Å². The fourth-order valence-electron chi connectivity index (χ4n) is 5.24. The van der Waals surface area contributed by atoms with Crippen LogP contribution in [0.5, 0.6) is 0 Å². The molecule has 3 aliphatic heterocycles. The average molecular weight is 555 g/mol. The van der Waals surface area contributed by atoms with Gasteiger partial charge in [-0.3, -0.25) is 34.4 Å². The molecule has 1 aromatic carbocycles. The van der Waals surface area contributed by atoms with Crippen LogP contribution in [0.3, 0.4) is 0 Å². The number of benzene rings is 1. The summed E-state index contributed by atoms with van der Waals surface area (Å²) in [5, 5.41) is 9.27. The lowest BCUT2D eigenvalue weighted by Crippen LogP contribution is -2.54. The number of carbonyl (C=O) groups is 4. The van der Waals surface area contributed by atoms with E-state index < -0.39 is 29.7 Å². The zero-order chi connectivity index (χ0) is 28.5. The maximum atomic E-state index is 13.0. The minimum Gasteiger partial charge on any atom is -0.385 e. The number of imide groups is 2. The molecule has 1 unspecified atom stereocenters. The molecule has 40 heavy (non-hydrogen) atoms. The lowest BCUT2D eigenvalue weighted by atomic mass is 9.93. The van der Waals surface area contributed by atoms with Crippen molar-refractivity contribution in [1.29, 1.82) is 0 Å². The monoisotopic (exact) mass is 554 g/mol. The number of carbonyl (C=O) groups excluding carboxylic acids is 4. The third-order valence-electron chi connectivity index (χ3n) is 7.49. The van der Waals surface area contributed by atoms with Crippen LogP contribution in [0.15, 0.2) is 28.3 Å². The Bertz CT molecular complexity index is 1160. The summed E-state index contributed by atoms with van der Waals surface area (Å²) in [7, 11) is 0. The Morgan fingerprint density at radius 2 is 1.90 bits per heavy atom. The van der Waals surface area contributed by atoms with Crippen LogP contribution >= 0.6 is 0 Å². The van der Waals surface area contributed by atoms with Crippen molar-refractivity contribution in [3.05, 3.63) is 29.3 Å². The molecule has 2 saturated heterocycles. The van der Waals surface area contributed by atoms with E-state index >= 15 is 0 Å². The van der Waals surface area contributed by atoms with E-state index in [2.05, 4.69) is 25.6 Å². The predicted molar refractivity (Wildman–Crippen MR) is 150 cm³/mol. The second kappa shape index (κ2) is 14.1. The molecule has 216 valence electrons. The molecule has 0 spiro atoms. The summed E-state index contributed by atoms with van der Waals surface area (Å²) >= 11 is 0. The maximum absolute atomic E-state index is 13.0. The van der Waals surface area contributed by atoms with Crippen molar-refractivity contribution in [3.8, 4) is 0 Å². The summed E-state index contributed by atoms with van der Waals surface area (Å²) in [4.78, 5) is 57.4. The van der Waals surface area contributed by atoms with Crippen molar-refractivity contribution in [3.63, 3.8) is 0 Å².